The van der Waals surface area contributed by atoms with Gasteiger partial charge in [0.15, 0.2) is 28.7 Å². The molecule has 0 atom stereocenters. The van der Waals surface area contributed by atoms with Gasteiger partial charge in [-0.1, -0.05) is 0 Å². The molecule has 0 fully saturated rings. The molecule has 0 aliphatic rings. The van der Waals surface area contributed by atoms with Crippen LogP contribution in [0, 0.1) is 10.1 Å². The lowest BCUT2D eigenvalue weighted by Gasteiger charge is -2.14. The van der Waals surface area contributed by atoms with Crippen LogP contribution in [-0.2, 0) is 0 Å². The number of pyridine rings is 1. The van der Waals surface area contributed by atoms with Gasteiger partial charge in [-0.3, -0.25) is 14.5 Å². The molecule has 0 aliphatic carbocycles. The predicted octanol–water partition coefficient (Wildman–Crippen LogP) is 4.01. The highest BCUT2D eigenvalue weighted by atomic mass is 16.6. The molecule has 0 bridgehead atoms. The van der Waals surface area contributed by atoms with E-state index in [1.807, 2.05) is 30.5 Å². The molecule has 10 heteroatoms. The quantitative estimate of drug-likeness (QED) is 0.316. The first-order chi connectivity index (χ1) is 15.5. The molecule has 4 aromatic rings. The largest absolute Gasteiger partial charge is 0.493 e. The van der Waals surface area contributed by atoms with Gasteiger partial charge in [0.05, 0.1) is 33.4 Å². The van der Waals surface area contributed by atoms with E-state index < -0.39 is 4.92 Å². The average molecular weight is 436 g/mol. The molecular formula is C22H20N4O6. The van der Waals surface area contributed by atoms with Crippen LogP contribution in [0.5, 0.6) is 23.0 Å². The fourth-order valence-electron chi connectivity index (χ4n) is 3.48. The third-order valence-corrected chi connectivity index (χ3v) is 5.03. The molecule has 164 valence electrons. The topological polar surface area (TPSA) is 110 Å². The van der Waals surface area contributed by atoms with Gasteiger partial charge >= 0.3 is 5.69 Å². The van der Waals surface area contributed by atoms with Crippen LogP contribution < -0.4 is 18.9 Å². The number of fused-ring (bicyclic) bond motifs is 1. The Bertz CT molecular complexity index is 1290. The van der Waals surface area contributed by atoms with E-state index in [-0.39, 0.29) is 11.4 Å². The molecule has 0 aliphatic heterocycles. The molecule has 0 spiro atoms. The summed E-state index contributed by atoms with van der Waals surface area (Å²) < 4.78 is 23.2. The van der Waals surface area contributed by atoms with E-state index in [9.17, 15) is 10.1 Å². The van der Waals surface area contributed by atoms with Gasteiger partial charge < -0.3 is 18.9 Å². The SMILES string of the molecule is COc1ccc(-c2nnc3ccc(-c4cc(OC)c(OC)c(OC)c4)cn23)cc1[N+](=O)[O-]. The van der Waals surface area contributed by atoms with Gasteiger partial charge in [-0.15, -0.1) is 10.2 Å². The fraction of sp³-hybridized carbons (Fsp3) is 0.182. The number of hydrogen-bond acceptors (Lipinski definition) is 8. The van der Waals surface area contributed by atoms with Crippen molar-refractivity contribution < 1.29 is 23.9 Å². The Balaban J connectivity index is 1.86. The number of nitrogens with zero attached hydrogens (tertiary/aromatic N) is 4. The van der Waals surface area contributed by atoms with E-state index in [1.54, 1.807) is 31.8 Å². The molecule has 10 nitrogen and oxygen atoms in total. The molecule has 4 rings (SSSR count). The van der Waals surface area contributed by atoms with Gasteiger partial charge in [-0.25, -0.2) is 0 Å². The number of aromatic nitrogens is 3. The van der Waals surface area contributed by atoms with Crippen molar-refractivity contribution in [1.82, 2.24) is 14.6 Å². The minimum Gasteiger partial charge on any atom is -0.493 e. The monoisotopic (exact) mass is 436 g/mol. The van der Waals surface area contributed by atoms with E-state index >= 15 is 0 Å². The Morgan fingerprint density at radius 1 is 0.781 bits per heavy atom. The summed E-state index contributed by atoms with van der Waals surface area (Å²) in [7, 11) is 6.04. The molecular weight excluding hydrogens is 416 g/mol. The van der Waals surface area contributed by atoms with Crippen LogP contribution in [0.15, 0.2) is 48.7 Å². The van der Waals surface area contributed by atoms with Crippen molar-refractivity contribution in [1.29, 1.82) is 0 Å². The highest BCUT2D eigenvalue weighted by Crippen LogP contribution is 2.41. The Kier molecular flexibility index (Phi) is 5.50. The fourth-order valence-corrected chi connectivity index (χ4v) is 3.48. The van der Waals surface area contributed by atoms with Crippen LogP contribution in [0.1, 0.15) is 0 Å². The summed E-state index contributed by atoms with van der Waals surface area (Å²) in [6, 6.07) is 12.0. The van der Waals surface area contributed by atoms with Crippen molar-refractivity contribution in [3.63, 3.8) is 0 Å². The third-order valence-electron chi connectivity index (χ3n) is 5.03. The molecule has 0 N–H and O–H groups in total. The maximum Gasteiger partial charge on any atom is 0.311 e. The summed E-state index contributed by atoms with van der Waals surface area (Å²) in [5.41, 5.74) is 2.63. The minimum atomic E-state index is -0.493. The first-order valence-electron chi connectivity index (χ1n) is 9.48. The van der Waals surface area contributed by atoms with Crippen molar-refractivity contribution in [2.75, 3.05) is 28.4 Å². The number of methoxy groups -OCH3 is 4. The molecule has 0 saturated carbocycles. The number of rotatable bonds is 7. The number of nitro groups is 1. The Hall–Kier alpha value is -4.34. The molecule has 2 heterocycles. The second-order valence-corrected chi connectivity index (χ2v) is 6.73. The third kappa shape index (κ3) is 3.51. The van der Waals surface area contributed by atoms with E-state index in [4.69, 9.17) is 18.9 Å². The zero-order chi connectivity index (χ0) is 22.8. The van der Waals surface area contributed by atoms with Crippen LogP contribution in [0.25, 0.3) is 28.2 Å². The smallest absolute Gasteiger partial charge is 0.311 e. The summed E-state index contributed by atoms with van der Waals surface area (Å²) in [5.74, 6) is 2.18. The lowest BCUT2D eigenvalue weighted by molar-refractivity contribution is -0.385. The number of benzene rings is 2. The zero-order valence-corrected chi connectivity index (χ0v) is 17.9. The normalized spacial score (nSPS) is 10.8. The van der Waals surface area contributed by atoms with E-state index in [1.165, 1.54) is 19.2 Å². The lowest BCUT2D eigenvalue weighted by atomic mass is 10.1. The average Bonchev–Trinajstić information content (AvgIpc) is 3.25. The summed E-state index contributed by atoms with van der Waals surface area (Å²) in [6.07, 6.45) is 1.85. The molecule has 0 radical (unpaired) electrons. The lowest BCUT2D eigenvalue weighted by Crippen LogP contribution is -1.97. The van der Waals surface area contributed by atoms with E-state index in [2.05, 4.69) is 10.2 Å². The van der Waals surface area contributed by atoms with Crippen LogP contribution in [0.3, 0.4) is 0 Å². The predicted molar refractivity (Wildman–Crippen MR) is 117 cm³/mol. The van der Waals surface area contributed by atoms with E-state index in [0.29, 0.717) is 34.3 Å². The van der Waals surface area contributed by atoms with Crippen molar-refractivity contribution >= 4 is 11.3 Å². The van der Waals surface area contributed by atoms with Crippen molar-refractivity contribution in [3.8, 4) is 45.5 Å². The maximum absolute atomic E-state index is 11.4. The van der Waals surface area contributed by atoms with Crippen LogP contribution in [0.4, 0.5) is 5.69 Å². The standard InChI is InChI=1S/C22H20N4O6/c1-29-17-7-5-13(9-16(17)26(27)28)22-24-23-20-8-6-14(12-25(20)22)15-10-18(30-2)21(32-4)19(11-15)31-3/h5-12H,1-4H3. The summed E-state index contributed by atoms with van der Waals surface area (Å²) in [5, 5.41) is 19.8. The van der Waals surface area contributed by atoms with Gasteiger partial charge in [0, 0.05) is 17.8 Å². The van der Waals surface area contributed by atoms with Crippen molar-refractivity contribution in [2.24, 2.45) is 0 Å². The molecule has 2 aromatic carbocycles. The highest BCUT2D eigenvalue weighted by molar-refractivity contribution is 5.73. The Morgan fingerprint density at radius 2 is 1.44 bits per heavy atom. The van der Waals surface area contributed by atoms with Crippen molar-refractivity contribution in [2.45, 2.75) is 0 Å². The number of hydrogen-bond donors (Lipinski definition) is 0. The van der Waals surface area contributed by atoms with Crippen molar-refractivity contribution in [3.05, 3.63) is 58.8 Å². The minimum absolute atomic E-state index is 0.150. The van der Waals surface area contributed by atoms with E-state index in [0.717, 1.165) is 11.1 Å². The maximum atomic E-state index is 11.4. The molecule has 0 amide bonds. The Labute approximate surface area is 183 Å². The molecule has 0 unspecified atom stereocenters. The number of ether oxygens (including phenoxy) is 4. The molecule has 2 aromatic heterocycles. The van der Waals surface area contributed by atoms with Crippen LogP contribution in [-0.4, -0.2) is 48.0 Å². The first-order valence-corrected chi connectivity index (χ1v) is 9.48. The highest BCUT2D eigenvalue weighted by Gasteiger charge is 2.19. The van der Waals surface area contributed by atoms with Crippen LogP contribution in [0.2, 0.25) is 0 Å². The van der Waals surface area contributed by atoms with Gasteiger partial charge in [0.2, 0.25) is 5.75 Å². The molecule has 32 heavy (non-hydrogen) atoms. The molecule has 0 saturated heterocycles. The van der Waals surface area contributed by atoms with Gasteiger partial charge in [0.1, 0.15) is 0 Å². The van der Waals surface area contributed by atoms with Gasteiger partial charge in [-0.05, 0) is 47.5 Å². The Morgan fingerprint density at radius 3 is 2.03 bits per heavy atom. The van der Waals surface area contributed by atoms with Gasteiger partial charge in [-0.2, -0.15) is 0 Å². The first kappa shape index (κ1) is 20.9. The van der Waals surface area contributed by atoms with Gasteiger partial charge in [0.25, 0.3) is 0 Å². The summed E-state index contributed by atoms with van der Waals surface area (Å²) in [6.45, 7) is 0. The second kappa shape index (κ2) is 8.42. The van der Waals surface area contributed by atoms with Crippen LogP contribution >= 0.6 is 0 Å². The summed E-state index contributed by atoms with van der Waals surface area (Å²) >= 11 is 0. The zero-order valence-electron chi connectivity index (χ0n) is 17.9. The summed E-state index contributed by atoms with van der Waals surface area (Å²) in [4.78, 5) is 10.9. The number of nitro benzene ring substituents is 1. The second-order valence-electron chi connectivity index (χ2n) is 6.73.